The molecule has 0 aliphatic rings. The third-order valence-corrected chi connectivity index (χ3v) is 3.01. The second kappa shape index (κ2) is 6.45. The number of aliphatic hydroxyl groups excluding tert-OH is 1. The summed E-state index contributed by atoms with van der Waals surface area (Å²) in [4.78, 5) is 10.9. The van der Waals surface area contributed by atoms with Crippen molar-refractivity contribution < 1.29 is 5.11 Å². The summed E-state index contributed by atoms with van der Waals surface area (Å²) in [5, 5.41) is 9.08. The van der Waals surface area contributed by atoms with Crippen molar-refractivity contribution in [1.82, 2.24) is 19.4 Å². The fraction of sp³-hybridized carbons (Fsp3) is 0.429. The Morgan fingerprint density at radius 1 is 1.26 bits per heavy atom. The number of aryl methyl sites for hydroxylation is 1. The van der Waals surface area contributed by atoms with Crippen LogP contribution in [0.4, 0.5) is 0 Å². The average Bonchev–Trinajstić information content (AvgIpc) is 2.86. The van der Waals surface area contributed by atoms with Crippen LogP contribution < -0.4 is 0 Å². The highest BCUT2D eigenvalue weighted by Crippen LogP contribution is 2.06. The summed E-state index contributed by atoms with van der Waals surface area (Å²) < 4.78 is 2.13. The molecule has 0 amide bonds. The lowest BCUT2D eigenvalue weighted by molar-refractivity contribution is 0.273. The van der Waals surface area contributed by atoms with Gasteiger partial charge in [0.2, 0.25) is 0 Å². The summed E-state index contributed by atoms with van der Waals surface area (Å²) in [5.74, 6) is 1.06. The number of rotatable bonds is 6. The quantitative estimate of drug-likeness (QED) is 0.853. The third-order valence-electron chi connectivity index (χ3n) is 3.01. The first-order valence-electron chi connectivity index (χ1n) is 6.47. The van der Waals surface area contributed by atoms with Gasteiger partial charge >= 0.3 is 0 Å². The minimum atomic E-state index is -0.0161. The second-order valence-corrected chi connectivity index (χ2v) is 4.58. The normalized spacial score (nSPS) is 11.2. The number of aromatic nitrogens is 3. The van der Waals surface area contributed by atoms with E-state index < -0.39 is 0 Å². The Kier molecular flexibility index (Phi) is 4.65. The highest BCUT2D eigenvalue weighted by Gasteiger charge is 2.07. The highest BCUT2D eigenvalue weighted by molar-refractivity contribution is 5.10. The Balaban J connectivity index is 1.99. The van der Waals surface area contributed by atoms with E-state index in [9.17, 15) is 0 Å². The second-order valence-electron chi connectivity index (χ2n) is 4.58. The van der Waals surface area contributed by atoms with E-state index in [4.69, 9.17) is 5.11 Å². The van der Waals surface area contributed by atoms with Crippen LogP contribution in [0.15, 0.2) is 30.6 Å². The van der Waals surface area contributed by atoms with Gasteiger partial charge in [0, 0.05) is 25.5 Å². The molecule has 2 rings (SSSR count). The molecule has 0 aliphatic carbocycles. The Morgan fingerprint density at radius 3 is 2.79 bits per heavy atom. The van der Waals surface area contributed by atoms with Crippen molar-refractivity contribution in [3.05, 3.63) is 47.8 Å². The van der Waals surface area contributed by atoms with Gasteiger partial charge < -0.3 is 9.67 Å². The van der Waals surface area contributed by atoms with Gasteiger partial charge in [0.25, 0.3) is 0 Å². The monoisotopic (exact) mass is 260 g/mol. The van der Waals surface area contributed by atoms with E-state index in [-0.39, 0.29) is 6.61 Å². The van der Waals surface area contributed by atoms with Gasteiger partial charge in [-0.1, -0.05) is 6.07 Å². The molecule has 2 aromatic rings. The van der Waals surface area contributed by atoms with E-state index in [0.29, 0.717) is 5.69 Å². The van der Waals surface area contributed by atoms with Crippen LogP contribution in [0.5, 0.6) is 0 Å². The lowest BCUT2D eigenvalue weighted by Gasteiger charge is -2.16. The molecule has 0 saturated heterocycles. The van der Waals surface area contributed by atoms with Crippen molar-refractivity contribution in [1.29, 1.82) is 0 Å². The Bertz CT molecular complexity index is 524. The van der Waals surface area contributed by atoms with Crippen molar-refractivity contribution in [2.24, 2.45) is 0 Å². The van der Waals surface area contributed by atoms with E-state index >= 15 is 0 Å². The molecule has 0 unspecified atom stereocenters. The highest BCUT2D eigenvalue weighted by atomic mass is 16.3. The van der Waals surface area contributed by atoms with Crippen LogP contribution in [0, 0.1) is 0 Å². The molecule has 0 aromatic carbocycles. The topological polar surface area (TPSA) is 54.2 Å². The van der Waals surface area contributed by atoms with E-state index in [1.165, 1.54) is 0 Å². The minimum absolute atomic E-state index is 0.0161. The van der Waals surface area contributed by atoms with Crippen molar-refractivity contribution in [3.8, 4) is 0 Å². The van der Waals surface area contributed by atoms with Gasteiger partial charge in [0.05, 0.1) is 24.5 Å². The minimum Gasteiger partial charge on any atom is -0.390 e. The molecule has 0 atom stereocenters. The summed E-state index contributed by atoms with van der Waals surface area (Å²) in [6.07, 6.45) is 3.82. The first-order chi connectivity index (χ1) is 9.22. The van der Waals surface area contributed by atoms with E-state index in [1.807, 2.05) is 37.6 Å². The number of nitrogens with zero attached hydrogens (tertiary/aromatic N) is 4. The summed E-state index contributed by atoms with van der Waals surface area (Å²) >= 11 is 0. The van der Waals surface area contributed by atoms with Crippen LogP contribution in [-0.4, -0.2) is 31.6 Å². The molecular weight excluding hydrogens is 240 g/mol. The van der Waals surface area contributed by atoms with Gasteiger partial charge in [0.1, 0.15) is 5.82 Å². The summed E-state index contributed by atoms with van der Waals surface area (Å²) in [6.45, 7) is 4.55. The number of hydrogen-bond donors (Lipinski definition) is 1. The molecule has 5 nitrogen and oxygen atoms in total. The fourth-order valence-corrected chi connectivity index (χ4v) is 2.06. The molecular formula is C14H20N4O. The Morgan fingerprint density at radius 2 is 2.05 bits per heavy atom. The predicted octanol–water partition coefficient (Wildman–Crippen LogP) is 1.42. The van der Waals surface area contributed by atoms with Crippen LogP contribution in [0.1, 0.15) is 24.1 Å². The maximum atomic E-state index is 9.08. The van der Waals surface area contributed by atoms with Crippen LogP contribution in [-0.2, 0) is 26.2 Å². The van der Waals surface area contributed by atoms with Gasteiger partial charge in [0.15, 0.2) is 0 Å². The van der Waals surface area contributed by atoms with Crippen LogP contribution in [0.3, 0.4) is 0 Å². The zero-order valence-corrected chi connectivity index (χ0v) is 11.5. The lowest BCUT2D eigenvalue weighted by atomic mass is 10.3. The maximum absolute atomic E-state index is 9.08. The summed E-state index contributed by atoms with van der Waals surface area (Å²) in [7, 11) is 2.04. The van der Waals surface area contributed by atoms with Crippen molar-refractivity contribution in [3.63, 3.8) is 0 Å². The predicted molar refractivity (Wildman–Crippen MR) is 73.2 cm³/mol. The summed E-state index contributed by atoms with van der Waals surface area (Å²) in [5.41, 5.74) is 1.67. The molecule has 102 valence electrons. The summed E-state index contributed by atoms with van der Waals surface area (Å²) in [6, 6.07) is 5.73. The van der Waals surface area contributed by atoms with Crippen LogP contribution >= 0.6 is 0 Å². The molecule has 0 fully saturated rings. The number of imidazole rings is 1. The zero-order chi connectivity index (χ0) is 13.7. The largest absolute Gasteiger partial charge is 0.390 e. The standard InChI is InChI=1S/C14H20N4O/c1-3-18-8-7-15-14(18)10-17(2)9-12-5-4-6-13(11-19)16-12/h4-8,19H,3,9-11H2,1-2H3. The fourth-order valence-electron chi connectivity index (χ4n) is 2.06. The van der Waals surface area contributed by atoms with Gasteiger partial charge in [-0.25, -0.2) is 4.98 Å². The smallest absolute Gasteiger partial charge is 0.122 e. The van der Waals surface area contributed by atoms with Crippen molar-refractivity contribution >= 4 is 0 Å². The number of aliphatic hydroxyl groups is 1. The van der Waals surface area contributed by atoms with Crippen LogP contribution in [0.2, 0.25) is 0 Å². The third kappa shape index (κ3) is 3.62. The molecule has 0 aliphatic heterocycles. The SMILES string of the molecule is CCn1ccnc1CN(C)Cc1cccc(CO)n1. The molecule has 19 heavy (non-hydrogen) atoms. The molecule has 2 heterocycles. The van der Waals surface area contributed by atoms with Gasteiger partial charge in [-0.05, 0) is 26.1 Å². The van der Waals surface area contributed by atoms with E-state index in [0.717, 1.165) is 31.2 Å². The van der Waals surface area contributed by atoms with Crippen molar-refractivity contribution in [2.75, 3.05) is 7.05 Å². The molecule has 0 radical (unpaired) electrons. The number of pyridine rings is 1. The first-order valence-corrected chi connectivity index (χ1v) is 6.47. The van der Waals surface area contributed by atoms with Gasteiger partial charge in [-0.3, -0.25) is 9.88 Å². The van der Waals surface area contributed by atoms with Crippen molar-refractivity contribution in [2.45, 2.75) is 33.2 Å². The maximum Gasteiger partial charge on any atom is 0.122 e. The molecule has 5 heteroatoms. The molecule has 1 N–H and O–H groups in total. The molecule has 0 saturated carbocycles. The molecule has 0 spiro atoms. The number of hydrogen-bond acceptors (Lipinski definition) is 4. The van der Waals surface area contributed by atoms with Crippen LogP contribution in [0.25, 0.3) is 0 Å². The lowest BCUT2D eigenvalue weighted by Crippen LogP contribution is -2.20. The molecule has 0 bridgehead atoms. The van der Waals surface area contributed by atoms with Gasteiger partial charge in [-0.2, -0.15) is 0 Å². The first kappa shape index (κ1) is 13.7. The van der Waals surface area contributed by atoms with E-state index in [2.05, 4.69) is 26.4 Å². The van der Waals surface area contributed by atoms with E-state index in [1.54, 1.807) is 0 Å². The van der Waals surface area contributed by atoms with Gasteiger partial charge in [-0.15, -0.1) is 0 Å². The molecule has 2 aromatic heterocycles. The zero-order valence-electron chi connectivity index (χ0n) is 11.5. The Hall–Kier alpha value is -1.72. The Labute approximate surface area is 113 Å². The average molecular weight is 260 g/mol.